The fraction of sp³-hybridized carbons (Fsp3) is 0.227. The molecule has 4 rings (SSSR count). The Balaban J connectivity index is 1.36. The van der Waals surface area contributed by atoms with E-state index in [9.17, 15) is 9.59 Å². The molecule has 0 saturated carbocycles. The molecule has 146 valence electrons. The smallest absolute Gasteiger partial charge is 0.324 e. The quantitative estimate of drug-likeness (QED) is 0.664. The molecule has 2 heterocycles. The van der Waals surface area contributed by atoms with Gasteiger partial charge in [0.15, 0.2) is 0 Å². The normalized spacial score (nSPS) is 14.1. The molecule has 3 aromatic rings. The predicted molar refractivity (Wildman–Crippen MR) is 111 cm³/mol. The first kappa shape index (κ1) is 18.6. The first-order valence-electron chi connectivity index (χ1n) is 9.53. The maximum Gasteiger partial charge on any atom is 0.343 e. The Morgan fingerprint density at radius 1 is 1.03 bits per heavy atom. The molecule has 1 aromatic heterocycles. The minimum Gasteiger partial charge on any atom is -0.324 e. The van der Waals surface area contributed by atoms with Crippen molar-refractivity contribution in [3.05, 3.63) is 82.5 Å². The van der Waals surface area contributed by atoms with Crippen molar-refractivity contribution in [3.63, 3.8) is 0 Å². The second-order valence-corrected chi connectivity index (χ2v) is 6.91. The van der Waals surface area contributed by atoms with Gasteiger partial charge < -0.3 is 10.2 Å². The van der Waals surface area contributed by atoms with Crippen LogP contribution in [0.2, 0.25) is 0 Å². The number of carbonyl (C=O) groups excluding carboxylic acids is 1. The van der Waals surface area contributed by atoms with Gasteiger partial charge in [-0.05, 0) is 43.2 Å². The van der Waals surface area contributed by atoms with Crippen molar-refractivity contribution in [2.24, 2.45) is 0 Å². The molecule has 1 aliphatic heterocycles. The fourth-order valence-corrected chi connectivity index (χ4v) is 3.41. The third kappa shape index (κ3) is 4.55. The maximum absolute atomic E-state index is 12.6. The van der Waals surface area contributed by atoms with E-state index in [4.69, 9.17) is 0 Å². The molecule has 7 nitrogen and oxygen atoms in total. The molecule has 0 spiro atoms. The van der Waals surface area contributed by atoms with Crippen molar-refractivity contribution in [1.82, 2.24) is 19.7 Å². The third-order valence-electron chi connectivity index (χ3n) is 4.96. The van der Waals surface area contributed by atoms with Gasteiger partial charge in [-0.15, -0.1) is 0 Å². The van der Waals surface area contributed by atoms with E-state index >= 15 is 0 Å². The van der Waals surface area contributed by atoms with Crippen LogP contribution in [-0.4, -0.2) is 38.8 Å². The SMILES string of the molecule is O=C(Nc1cccc(C#Cc2ccccc2)c1)N1CCC(n2cn[nH]c2=O)CC1. The first-order chi connectivity index (χ1) is 14.2. The molecule has 29 heavy (non-hydrogen) atoms. The van der Waals surface area contributed by atoms with Crippen LogP contribution in [0.25, 0.3) is 0 Å². The van der Waals surface area contributed by atoms with Crippen LogP contribution in [0.4, 0.5) is 10.5 Å². The average Bonchev–Trinajstić information content (AvgIpc) is 3.19. The predicted octanol–water partition coefficient (Wildman–Crippen LogP) is 2.84. The summed E-state index contributed by atoms with van der Waals surface area (Å²) in [6, 6.07) is 17.2. The number of H-pyrrole nitrogens is 1. The van der Waals surface area contributed by atoms with Gasteiger partial charge in [0, 0.05) is 35.9 Å². The number of amides is 2. The van der Waals surface area contributed by atoms with Crippen molar-refractivity contribution in [1.29, 1.82) is 0 Å². The van der Waals surface area contributed by atoms with Gasteiger partial charge in [0.25, 0.3) is 0 Å². The van der Waals surface area contributed by atoms with E-state index in [1.165, 1.54) is 6.33 Å². The van der Waals surface area contributed by atoms with Crippen molar-refractivity contribution in [2.75, 3.05) is 18.4 Å². The van der Waals surface area contributed by atoms with Crippen molar-refractivity contribution < 1.29 is 4.79 Å². The summed E-state index contributed by atoms with van der Waals surface area (Å²) in [5.74, 6) is 6.24. The van der Waals surface area contributed by atoms with Gasteiger partial charge in [-0.25, -0.2) is 14.7 Å². The van der Waals surface area contributed by atoms with E-state index in [0.717, 1.165) is 24.0 Å². The summed E-state index contributed by atoms with van der Waals surface area (Å²) in [4.78, 5) is 26.1. The Bertz CT molecular complexity index is 1100. The highest BCUT2D eigenvalue weighted by molar-refractivity contribution is 5.89. The molecule has 1 aliphatic rings. The van der Waals surface area contributed by atoms with E-state index < -0.39 is 0 Å². The number of rotatable bonds is 2. The van der Waals surface area contributed by atoms with E-state index in [1.54, 1.807) is 9.47 Å². The Morgan fingerprint density at radius 3 is 2.48 bits per heavy atom. The van der Waals surface area contributed by atoms with Crippen LogP contribution >= 0.6 is 0 Å². The molecule has 1 fully saturated rings. The number of piperidine rings is 1. The standard InChI is InChI=1S/C22H21N5O2/c28-21(26-13-11-20(12-14-26)27-16-23-25-22(27)29)24-19-8-4-7-18(15-19)10-9-17-5-2-1-3-6-17/h1-8,15-16,20H,11-14H2,(H,24,28)(H,25,29). The number of aromatic nitrogens is 3. The highest BCUT2D eigenvalue weighted by Crippen LogP contribution is 2.21. The van der Waals surface area contributed by atoms with Crippen molar-refractivity contribution in [3.8, 4) is 11.8 Å². The summed E-state index contributed by atoms with van der Waals surface area (Å²) in [6.07, 6.45) is 2.95. The summed E-state index contributed by atoms with van der Waals surface area (Å²) in [5, 5.41) is 9.13. The number of anilines is 1. The van der Waals surface area contributed by atoms with Crippen LogP contribution in [0.15, 0.2) is 65.7 Å². The average molecular weight is 387 g/mol. The largest absolute Gasteiger partial charge is 0.343 e. The molecule has 0 atom stereocenters. The van der Waals surface area contributed by atoms with Crippen LogP contribution in [0.1, 0.15) is 30.0 Å². The Morgan fingerprint density at radius 2 is 1.76 bits per heavy atom. The number of nitrogens with zero attached hydrogens (tertiary/aromatic N) is 3. The van der Waals surface area contributed by atoms with Crippen molar-refractivity contribution in [2.45, 2.75) is 18.9 Å². The van der Waals surface area contributed by atoms with E-state index in [2.05, 4.69) is 27.4 Å². The van der Waals surface area contributed by atoms with Crippen LogP contribution in [0.5, 0.6) is 0 Å². The van der Waals surface area contributed by atoms with Gasteiger partial charge in [-0.3, -0.25) is 4.57 Å². The molecule has 0 bridgehead atoms. The van der Waals surface area contributed by atoms with Crippen LogP contribution in [0, 0.1) is 11.8 Å². The lowest BCUT2D eigenvalue weighted by molar-refractivity contribution is 0.183. The number of benzene rings is 2. The second-order valence-electron chi connectivity index (χ2n) is 6.91. The monoisotopic (exact) mass is 387 g/mol. The van der Waals surface area contributed by atoms with Crippen LogP contribution in [0.3, 0.4) is 0 Å². The van der Waals surface area contributed by atoms with Gasteiger partial charge in [0.05, 0.1) is 0 Å². The number of hydrogen-bond donors (Lipinski definition) is 2. The van der Waals surface area contributed by atoms with E-state index in [0.29, 0.717) is 18.8 Å². The zero-order valence-electron chi connectivity index (χ0n) is 15.8. The molecule has 0 aliphatic carbocycles. The Kier molecular flexibility index (Phi) is 5.43. The van der Waals surface area contributed by atoms with Gasteiger partial charge >= 0.3 is 11.7 Å². The minimum absolute atomic E-state index is 0.0712. The first-order valence-corrected chi connectivity index (χ1v) is 9.53. The zero-order valence-corrected chi connectivity index (χ0v) is 15.8. The molecular weight excluding hydrogens is 366 g/mol. The summed E-state index contributed by atoms with van der Waals surface area (Å²) >= 11 is 0. The van der Waals surface area contributed by atoms with Gasteiger partial charge in [0.2, 0.25) is 0 Å². The molecule has 1 saturated heterocycles. The maximum atomic E-state index is 12.6. The van der Waals surface area contributed by atoms with E-state index in [-0.39, 0.29) is 17.8 Å². The van der Waals surface area contributed by atoms with Crippen LogP contribution in [-0.2, 0) is 0 Å². The second kappa shape index (κ2) is 8.48. The molecule has 0 radical (unpaired) electrons. The fourth-order valence-electron chi connectivity index (χ4n) is 3.41. The third-order valence-corrected chi connectivity index (χ3v) is 4.96. The van der Waals surface area contributed by atoms with E-state index in [1.807, 2.05) is 54.6 Å². The van der Waals surface area contributed by atoms with Crippen molar-refractivity contribution >= 4 is 11.7 Å². The number of aromatic amines is 1. The summed E-state index contributed by atoms with van der Waals surface area (Å²) in [5.41, 5.74) is 2.29. The minimum atomic E-state index is -0.207. The summed E-state index contributed by atoms with van der Waals surface area (Å²) < 4.78 is 1.60. The highest BCUT2D eigenvalue weighted by Gasteiger charge is 2.24. The summed E-state index contributed by atoms with van der Waals surface area (Å²) in [7, 11) is 0. The highest BCUT2D eigenvalue weighted by atomic mass is 16.2. The molecule has 2 amide bonds. The summed E-state index contributed by atoms with van der Waals surface area (Å²) in [6.45, 7) is 1.17. The lowest BCUT2D eigenvalue weighted by Crippen LogP contribution is -2.42. The number of carbonyl (C=O) groups is 1. The molecule has 0 unspecified atom stereocenters. The molecule has 2 aromatic carbocycles. The van der Waals surface area contributed by atoms with Gasteiger partial charge in [-0.1, -0.05) is 36.1 Å². The lowest BCUT2D eigenvalue weighted by atomic mass is 10.1. The van der Waals surface area contributed by atoms with Gasteiger partial charge in [0.1, 0.15) is 6.33 Å². The van der Waals surface area contributed by atoms with Crippen LogP contribution < -0.4 is 11.0 Å². The Hall–Kier alpha value is -3.79. The Labute approximate surface area is 168 Å². The topological polar surface area (TPSA) is 83.0 Å². The van der Waals surface area contributed by atoms with Gasteiger partial charge in [-0.2, -0.15) is 5.10 Å². The lowest BCUT2D eigenvalue weighted by Gasteiger charge is -2.32. The molecule has 7 heteroatoms. The number of urea groups is 1. The molecular formula is C22H21N5O2. The zero-order chi connectivity index (χ0) is 20.1. The number of nitrogens with one attached hydrogen (secondary N) is 2. The molecule has 2 N–H and O–H groups in total. The number of hydrogen-bond acceptors (Lipinski definition) is 3. The number of likely N-dealkylation sites (tertiary alicyclic amines) is 1.